The maximum absolute atomic E-state index is 6.32. The molecule has 0 unspecified atom stereocenters. The van der Waals surface area contributed by atoms with Crippen LogP contribution in [0.25, 0.3) is 106 Å². The minimum Gasteiger partial charge on any atom is -0.456 e. The van der Waals surface area contributed by atoms with E-state index < -0.39 is 0 Å². The smallest absolute Gasteiger partial charge is 0.164 e. The molecule has 0 atom stereocenters. The van der Waals surface area contributed by atoms with Gasteiger partial charge in [-0.1, -0.05) is 97.1 Å². The molecule has 0 aliphatic heterocycles. The Hall–Kier alpha value is -7.05. The molecule has 6 nitrogen and oxygen atoms in total. The van der Waals surface area contributed by atoms with Gasteiger partial charge in [-0.3, -0.25) is 0 Å². The summed E-state index contributed by atoms with van der Waals surface area (Å²) in [4.78, 5) is 15.1. The summed E-state index contributed by atoms with van der Waals surface area (Å²) in [6, 6.07) is 53.9. The van der Waals surface area contributed by atoms with Crippen LogP contribution in [-0.2, 0) is 0 Å². The normalized spacial score (nSPS) is 11.9. The van der Waals surface area contributed by atoms with E-state index in [1.165, 1.54) is 10.8 Å². The van der Waals surface area contributed by atoms with Gasteiger partial charge in [0.1, 0.15) is 22.3 Å². The van der Waals surface area contributed by atoms with Crippen molar-refractivity contribution in [3.05, 3.63) is 158 Å². The Labute approximate surface area is 290 Å². The van der Waals surface area contributed by atoms with Crippen molar-refractivity contribution < 1.29 is 8.83 Å². The summed E-state index contributed by atoms with van der Waals surface area (Å²) in [7, 11) is 0. The van der Waals surface area contributed by atoms with Gasteiger partial charge < -0.3 is 13.4 Å². The van der Waals surface area contributed by atoms with Crippen molar-refractivity contribution in [1.29, 1.82) is 0 Å². The second-order valence-electron chi connectivity index (χ2n) is 12.8. The summed E-state index contributed by atoms with van der Waals surface area (Å²) in [5.41, 5.74) is 9.36. The van der Waals surface area contributed by atoms with Gasteiger partial charge in [0.25, 0.3) is 0 Å². The number of furan rings is 2. The van der Waals surface area contributed by atoms with Crippen LogP contribution in [0.4, 0.5) is 0 Å². The zero-order valence-electron chi connectivity index (χ0n) is 27.1. The van der Waals surface area contributed by atoms with Gasteiger partial charge in [0.05, 0.1) is 11.0 Å². The molecule has 11 rings (SSSR count). The van der Waals surface area contributed by atoms with Crippen LogP contribution >= 0.6 is 0 Å². The lowest BCUT2D eigenvalue weighted by atomic mass is 10.1. The van der Waals surface area contributed by atoms with Crippen molar-refractivity contribution in [3.63, 3.8) is 0 Å². The second kappa shape index (κ2) is 10.7. The van der Waals surface area contributed by atoms with Crippen LogP contribution in [0.2, 0.25) is 0 Å². The van der Waals surface area contributed by atoms with E-state index in [4.69, 9.17) is 23.8 Å². The van der Waals surface area contributed by atoms with Gasteiger partial charge >= 0.3 is 0 Å². The fourth-order valence-electron chi connectivity index (χ4n) is 7.53. The lowest BCUT2D eigenvalue weighted by Crippen LogP contribution is -2.01. The Balaban J connectivity index is 1.09. The van der Waals surface area contributed by atoms with Crippen LogP contribution in [0.3, 0.4) is 0 Å². The van der Waals surface area contributed by atoms with Gasteiger partial charge in [-0.25, -0.2) is 15.0 Å². The standard InChI is InChI=1S/C45H26N4O2/c1-2-11-27(12-3-1)43-46-44(48-45(47-43)33-16-10-20-40-42(33)32-15-6-9-19-39(32)50-40)28-21-23-29(24-22-28)49-36-17-7-4-13-30(36)34-25-35-31-14-5-8-18-38(31)51-41(35)26-37(34)49/h1-26H. The van der Waals surface area contributed by atoms with E-state index in [9.17, 15) is 0 Å². The largest absolute Gasteiger partial charge is 0.456 e. The van der Waals surface area contributed by atoms with Crippen molar-refractivity contribution in [2.24, 2.45) is 0 Å². The van der Waals surface area contributed by atoms with E-state index in [0.29, 0.717) is 17.5 Å². The predicted octanol–water partition coefficient (Wildman–Crippen LogP) is 11.8. The number of nitrogens with zero attached hydrogens (tertiary/aromatic N) is 4. The Morgan fingerprint density at radius 3 is 1.78 bits per heavy atom. The quantitative estimate of drug-likeness (QED) is 0.189. The summed E-state index contributed by atoms with van der Waals surface area (Å²) in [6.07, 6.45) is 0. The molecule has 0 N–H and O–H groups in total. The molecule has 4 aromatic heterocycles. The van der Waals surface area contributed by atoms with Crippen molar-refractivity contribution in [3.8, 4) is 39.9 Å². The van der Waals surface area contributed by atoms with E-state index in [0.717, 1.165) is 77.3 Å². The number of rotatable bonds is 4. The van der Waals surface area contributed by atoms with Gasteiger partial charge in [0, 0.05) is 60.8 Å². The topological polar surface area (TPSA) is 69.9 Å². The predicted molar refractivity (Wildman–Crippen MR) is 205 cm³/mol. The maximum Gasteiger partial charge on any atom is 0.164 e. The number of hydrogen-bond donors (Lipinski definition) is 0. The molecule has 0 aliphatic rings. The van der Waals surface area contributed by atoms with Gasteiger partial charge in [-0.05, 0) is 54.6 Å². The van der Waals surface area contributed by atoms with E-state index in [1.807, 2.05) is 72.8 Å². The molecular weight excluding hydrogens is 629 g/mol. The minimum absolute atomic E-state index is 0.595. The van der Waals surface area contributed by atoms with E-state index in [1.54, 1.807) is 0 Å². The average Bonchev–Trinajstić information content (AvgIpc) is 3.86. The molecule has 0 radical (unpaired) electrons. The van der Waals surface area contributed by atoms with Crippen LogP contribution in [0.5, 0.6) is 0 Å². The number of fused-ring (bicyclic) bond motifs is 9. The van der Waals surface area contributed by atoms with Crippen LogP contribution in [0.15, 0.2) is 167 Å². The Bertz CT molecular complexity index is 3140. The number of para-hydroxylation sites is 3. The van der Waals surface area contributed by atoms with Gasteiger partial charge in [0.2, 0.25) is 0 Å². The molecule has 0 amide bonds. The molecule has 4 heterocycles. The first-order valence-electron chi connectivity index (χ1n) is 16.9. The molecule has 7 aromatic carbocycles. The third kappa shape index (κ3) is 4.26. The zero-order chi connectivity index (χ0) is 33.5. The first kappa shape index (κ1) is 27.9. The van der Waals surface area contributed by atoms with Gasteiger partial charge in [0.15, 0.2) is 17.5 Å². The molecule has 0 spiro atoms. The monoisotopic (exact) mass is 654 g/mol. The minimum atomic E-state index is 0.595. The van der Waals surface area contributed by atoms with Crippen LogP contribution in [0, 0.1) is 0 Å². The summed E-state index contributed by atoms with van der Waals surface area (Å²) in [5, 5.41) is 6.64. The highest BCUT2D eigenvalue weighted by molar-refractivity contribution is 6.17. The van der Waals surface area contributed by atoms with Crippen molar-refractivity contribution >= 4 is 65.7 Å². The second-order valence-corrected chi connectivity index (χ2v) is 12.8. The SMILES string of the molecule is c1ccc(-c2nc(-c3ccc(-n4c5ccccc5c5cc6c(cc54)oc4ccccc46)cc3)nc(-c3cccc4oc5ccccc5c34)n2)cc1. The summed E-state index contributed by atoms with van der Waals surface area (Å²) < 4.78 is 14.8. The lowest BCUT2D eigenvalue weighted by molar-refractivity contribution is 0.668. The molecule has 6 heteroatoms. The first-order chi connectivity index (χ1) is 25.3. The average molecular weight is 655 g/mol. The number of aromatic nitrogens is 4. The maximum atomic E-state index is 6.32. The highest BCUT2D eigenvalue weighted by Crippen LogP contribution is 2.39. The molecule has 11 aromatic rings. The molecule has 51 heavy (non-hydrogen) atoms. The van der Waals surface area contributed by atoms with Gasteiger partial charge in [-0.15, -0.1) is 0 Å². The summed E-state index contributed by atoms with van der Waals surface area (Å²) >= 11 is 0. The molecule has 0 bridgehead atoms. The molecule has 0 aliphatic carbocycles. The molecule has 0 fully saturated rings. The third-order valence-electron chi connectivity index (χ3n) is 9.87. The van der Waals surface area contributed by atoms with Crippen LogP contribution in [-0.4, -0.2) is 19.5 Å². The fraction of sp³-hybridized carbons (Fsp3) is 0. The Morgan fingerprint density at radius 2 is 0.980 bits per heavy atom. The molecular formula is C45H26N4O2. The summed E-state index contributed by atoms with van der Waals surface area (Å²) in [5.74, 6) is 1.81. The fourth-order valence-corrected chi connectivity index (χ4v) is 7.53. The third-order valence-corrected chi connectivity index (χ3v) is 9.87. The summed E-state index contributed by atoms with van der Waals surface area (Å²) in [6.45, 7) is 0. The van der Waals surface area contributed by atoms with Crippen LogP contribution < -0.4 is 0 Å². The molecule has 238 valence electrons. The van der Waals surface area contributed by atoms with Crippen LogP contribution in [0.1, 0.15) is 0 Å². The van der Waals surface area contributed by atoms with Crippen molar-refractivity contribution in [1.82, 2.24) is 19.5 Å². The van der Waals surface area contributed by atoms with E-state index in [2.05, 4.69) is 89.5 Å². The first-order valence-corrected chi connectivity index (χ1v) is 16.9. The highest BCUT2D eigenvalue weighted by atomic mass is 16.3. The number of hydrogen-bond acceptors (Lipinski definition) is 5. The Morgan fingerprint density at radius 1 is 0.373 bits per heavy atom. The number of benzene rings is 7. The highest BCUT2D eigenvalue weighted by Gasteiger charge is 2.19. The lowest BCUT2D eigenvalue weighted by Gasteiger charge is -2.11. The van der Waals surface area contributed by atoms with Crippen molar-refractivity contribution in [2.75, 3.05) is 0 Å². The van der Waals surface area contributed by atoms with Gasteiger partial charge in [-0.2, -0.15) is 0 Å². The Kier molecular flexibility index (Phi) is 5.86. The van der Waals surface area contributed by atoms with Crippen molar-refractivity contribution in [2.45, 2.75) is 0 Å². The van der Waals surface area contributed by atoms with E-state index >= 15 is 0 Å². The molecule has 0 saturated heterocycles. The molecule has 0 saturated carbocycles. The zero-order valence-corrected chi connectivity index (χ0v) is 27.1. The van der Waals surface area contributed by atoms with E-state index in [-0.39, 0.29) is 0 Å².